The van der Waals surface area contributed by atoms with E-state index in [0.29, 0.717) is 12.2 Å². The molecule has 2 aromatic rings. The molecule has 1 heterocycles. The number of benzene rings is 2. The van der Waals surface area contributed by atoms with Gasteiger partial charge in [-0.3, -0.25) is 14.9 Å². The van der Waals surface area contributed by atoms with Crippen molar-refractivity contribution in [3.63, 3.8) is 0 Å². The summed E-state index contributed by atoms with van der Waals surface area (Å²) >= 11 is 0. The molecule has 3 rings (SSSR count). The van der Waals surface area contributed by atoms with Crippen LogP contribution in [0.5, 0.6) is 5.75 Å². The lowest BCUT2D eigenvalue weighted by atomic mass is 10.0. The molecule has 0 spiro atoms. The molecule has 1 unspecified atom stereocenters. The minimum absolute atomic E-state index is 0.00370. The van der Waals surface area contributed by atoms with Gasteiger partial charge < -0.3 is 10.1 Å². The van der Waals surface area contributed by atoms with Crippen molar-refractivity contribution in [2.24, 2.45) is 0 Å². The van der Waals surface area contributed by atoms with Crippen molar-refractivity contribution in [3.05, 3.63) is 58.1 Å². The molecule has 1 N–H and O–H groups in total. The number of methoxy groups -OCH3 is 1. The summed E-state index contributed by atoms with van der Waals surface area (Å²) in [4.78, 5) is 23.2. The Balaban J connectivity index is 1.77. The van der Waals surface area contributed by atoms with Crippen LogP contribution in [0.25, 0.3) is 0 Å². The van der Waals surface area contributed by atoms with Crippen LogP contribution in [0.4, 0.5) is 11.4 Å². The van der Waals surface area contributed by atoms with Crippen LogP contribution in [-0.2, 0) is 10.0 Å². The molecular weight excluding hydrogens is 422 g/mol. The number of sulfonamides is 1. The lowest BCUT2D eigenvalue weighted by Gasteiger charge is -2.34. The van der Waals surface area contributed by atoms with E-state index in [9.17, 15) is 23.3 Å². The van der Waals surface area contributed by atoms with Crippen molar-refractivity contribution in [1.82, 2.24) is 4.31 Å². The quantitative estimate of drug-likeness (QED) is 0.509. The van der Waals surface area contributed by atoms with Crippen molar-refractivity contribution in [2.45, 2.75) is 43.5 Å². The Kier molecular flexibility index (Phi) is 6.91. The molecule has 1 aliphatic heterocycles. The number of carbonyl (C=O) groups is 1. The summed E-state index contributed by atoms with van der Waals surface area (Å²) in [7, 11) is -2.30. The SMILES string of the molecule is CCC1CCCCN1S(=O)(=O)c1ccc(NC(=O)c2ccc(OC)c([N+](=O)[O-])c2)cc1. The highest BCUT2D eigenvalue weighted by Crippen LogP contribution is 2.29. The number of nitrogens with one attached hydrogen (secondary N) is 1. The number of carbonyl (C=O) groups excluding carboxylic acids is 1. The fourth-order valence-electron chi connectivity index (χ4n) is 3.72. The zero-order valence-electron chi connectivity index (χ0n) is 17.4. The monoisotopic (exact) mass is 447 g/mol. The Morgan fingerprint density at radius 2 is 1.94 bits per heavy atom. The first-order valence-corrected chi connectivity index (χ1v) is 11.5. The molecule has 166 valence electrons. The standard InChI is InChI=1S/C21H25N3O6S/c1-3-17-6-4-5-13-23(17)31(28,29)18-10-8-16(9-11-18)22-21(25)15-7-12-20(30-2)19(14-15)24(26)27/h7-12,14,17H,3-6,13H2,1-2H3,(H,22,25). The van der Waals surface area contributed by atoms with E-state index in [4.69, 9.17) is 4.74 Å². The van der Waals surface area contributed by atoms with Crippen molar-refractivity contribution < 1.29 is 22.9 Å². The summed E-state index contributed by atoms with van der Waals surface area (Å²) in [6.45, 7) is 2.50. The van der Waals surface area contributed by atoms with Crippen molar-refractivity contribution in [3.8, 4) is 5.75 Å². The third-order valence-corrected chi connectivity index (χ3v) is 7.37. The van der Waals surface area contributed by atoms with Gasteiger partial charge in [-0.05, 0) is 55.7 Å². The van der Waals surface area contributed by atoms with Gasteiger partial charge in [0.15, 0.2) is 5.75 Å². The summed E-state index contributed by atoms with van der Waals surface area (Å²) in [5, 5.41) is 13.8. The molecule has 0 bridgehead atoms. The van der Waals surface area contributed by atoms with Gasteiger partial charge in [-0.2, -0.15) is 4.31 Å². The largest absolute Gasteiger partial charge is 0.490 e. The van der Waals surface area contributed by atoms with E-state index in [0.717, 1.165) is 31.7 Å². The Labute approximate surface area is 181 Å². The van der Waals surface area contributed by atoms with E-state index in [1.54, 1.807) is 4.31 Å². The molecule has 31 heavy (non-hydrogen) atoms. The number of nitro groups is 1. The second kappa shape index (κ2) is 9.44. The van der Waals surface area contributed by atoms with Gasteiger partial charge in [0, 0.05) is 29.9 Å². The van der Waals surface area contributed by atoms with Crippen LogP contribution >= 0.6 is 0 Å². The second-order valence-corrected chi connectivity index (χ2v) is 9.19. The Bertz CT molecular complexity index is 1070. The van der Waals surface area contributed by atoms with Crippen LogP contribution in [0.2, 0.25) is 0 Å². The van der Waals surface area contributed by atoms with Crippen LogP contribution in [0, 0.1) is 10.1 Å². The minimum atomic E-state index is -3.61. The molecule has 1 fully saturated rings. The third kappa shape index (κ3) is 4.86. The molecule has 0 aliphatic carbocycles. The predicted octanol–water partition coefficient (Wildman–Crippen LogP) is 3.81. The van der Waals surface area contributed by atoms with E-state index in [-0.39, 0.29) is 27.9 Å². The molecule has 1 aliphatic rings. The lowest BCUT2D eigenvalue weighted by molar-refractivity contribution is -0.385. The third-order valence-electron chi connectivity index (χ3n) is 5.40. The van der Waals surface area contributed by atoms with Gasteiger partial charge in [-0.1, -0.05) is 13.3 Å². The number of amides is 1. The van der Waals surface area contributed by atoms with E-state index in [1.807, 2.05) is 6.92 Å². The van der Waals surface area contributed by atoms with Gasteiger partial charge in [0.2, 0.25) is 10.0 Å². The van der Waals surface area contributed by atoms with Crippen LogP contribution in [0.1, 0.15) is 43.0 Å². The molecule has 1 atom stereocenters. The van der Waals surface area contributed by atoms with Gasteiger partial charge in [-0.15, -0.1) is 0 Å². The highest BCUT2D eigenvalue weighted by molar-refractivity contribution is 7.89. The number of ether oxygens (including phenoxy) is 1. The topological polar surface area (TPSA) is 119 Å². The number of hydrogen-bond acceptors (Lipinski definition) is 6. The Hall–Kier alpha value is -2.98. The number of rotatable bonds is 7. The smallest absolute Gasteiger partial charge is 0.311 e. The van der Waals surface area contributed by atoms with Crippen LogP contribution in [-0.4, -0.2) is 43.2 Å². The normalized spacial score (nSPS) is 17.2. The molecule has 2 aromatic carbocycles. The Morgan fingerprint density at radius 3 is 2.55 bits per heavy atom. The number of piperidine rings is 1. The summed E-state index contributed by atoms with van der Waals surface area (Å²) < 4.78 is 32.6. The zero-order chi connectivity index (χ0) is 22.6. The highest BCUT2D eigenvalue weighted by atomic mass is 32.2. The van der Waals surface area contributed by atoms with Crippen LogP contribution in [0.15, 0.2) is 47.4 Å². The van der Waals surface area contributed by atoms with Crippen LogP contribution in [0.3, 0.4) is 0 Å². The molecule has 0 saturated carbocycles. The lowest BCUT2D eigenvalue weighted by Crippen LogP contribution is -2.43. The summed E-state index contributed by atoms with van der Waals surface area (Å²) in [6.07, 6.45) is 3.50. The number of nitro benzene ring substituents is 1. The van der Waals surface area contributed by atoms with E-state index in [2.05, 4.69) is 5.32 Å². The average molecular weight is 448 g/mol. The van der Waals surface area contributed by atoms with E-state index < -0.39 is 20.9 Å². The predicted molar refractivity (Wildman–Crippen MR) is 116 cm³/mol. The second-order valence-electron chi connectivity index (χ2n) is 7.30. The fraction of sp³-hybridized carbons (Fsp3) is 0.381. The van der Waals surface area contributed by atoms with E-state index >= 15 is 0 Å². The first kappa shape index (κ1) is 22.7. The summed E-state index contributed by atoms with van der Waals surface area (Å²) in [6, 6.07) is 9.84. The number of hydrogen-bond donors (Lipinski definition) is 1. The molecule has 10 heteroatoms. The van der Waals surface area contributed by atoms with Crippen molar-refractivity contribution in [1.29, 1.82) is 0 Å². The zero-order valence-corrected chi connectivity index (χ0v) is 18.2. The summed E-state index contributed by atoms with van der Waals surface area (Å²) in [5.74, 6) is -0.498. The Morgan fingerprint density at radius 1 is 1.23 bits per heavy atom. The maximum atomic E-state index is 13.0. The van der Waals surface area contributed by atoms with Gasteiger partial charge in [0.1, 0.15) is 0 Å². The average Bonchev–Trinajstić information content (AvgIpc) is 2.78. The van der Waals surface area contributed by atoms with Crippen LogP contribution < -0.4 is 10.1 Å². The van der Waals surface area contributed by atoms with Crippen molar-refractivity contribution >= 4 is 27.3 Å². The van der Waals surface area contributed by atoms with Gasteiger partial charge in [0.25, 0.3) is 5.91 Å². The van der Waals surface area contributed by atoms with Crippen molar-refractivity contribution in [2.75, 3.05) is 19.0 Å². The molecule has 0 aromatic heterocycles. The molecule has 9 nitrogen and oxygen atoms in total. The maximum absolute atomic E-state index is 13.0. The molecular formula is C21H25N3O6S. The first-order valence-electron chi connectivity index (χ1n) is 10.0. The first-order chi connectivity index (χ1) is 14.8. The summed E-state index contributed by atoms with van der Waals surface area (Å²) in [5.41, 5.74) is 0.153. The van der Waals surface area contributed by atoms with Gasteiger partial charge in [0.05, 0.1) is 16.9 Å². The van der Waals surface area contributed by atoms with Gasteiger partial charge >= 0.3 is 5.69 Å². The minimum Gasteiger partial charge on any atom is -0.490 e. The molecule has 1 saturated heterocycles. The van der Waals surface area contributed by atoms with Gasteiger partial charge in [-0.25, -0.2) is 8.42 Å². The fourth-order valence-corrected chi connectivity index (χ4v) is 5.49. The number of anilines is 1. The maximum Gasteiger partial charge on any atom is 0.311 e. The molecule has 0 radical (unpaired) electrons. The highest BCUT2D eigenvalue weighted by Gasteiger charge is 2.32. The van der Waals surface area contributed by atoms with E-state index in [1.165, 1.54) is 43.5 Å². The molecule has 1 amide bonds. The number of nitrogens with zero attached hydrogens (tertiary/aromatic N) is 2.